The largest absolute Gasteiger partial charge is 0.399 e. The van der Waals surface area contributed by atoms with Crippen LogP contribution in [0.25, 0.3) is 0 Å². The van der Waals surface area contributed by atoms with E-state index in [9.17, 15) is 8.42 Å². The average Bonchev–Trinajstić information content (AvgIpc) is 2.27. The van der Waals surface area contributed by atoms with Crippen LogP contribution in [0.15, 0.2) is 29.2 Å². The van der Waals surface area contributed by atoms with Crippen LogP contribution in [0.4, 0.5) is 5.69 Å². The van der Waals surface area contributed by atoms with Gasteiger partial charge in [-0.3, -0.25) is 0 Å². The summed E-state index contributed by atoms with van der Waals surface area (Å²) in [5, 5.41) is 0. The van der Waals surface area contributed by atoms with E-state index in [-0.39, 0.29) is 10.9 Å². The number of hydrogen-bond acceptors (Lipinski definition) is 3. The summed E-state index contributed by atoms with van der Waals surface area (Å²) in [5.41, 5.74) is 6.04. The van der Waals surface area contributed by atoms with Crippen molar-refractivity contribution in [1.29, 1.82) is 0 Å². The molecule has 16 heavy (non-hydrogen) atoms. The first kappa shape index (κ1) is 13.0. The monoisotopic (exact) mass is 242 g/mol. The third-order valence-corrected chi connectivity index (χ3v) is 4.71. The summed E-state index contributed by atoms with van der Waals surface area (Å²) < 4.78 is 25.7. The number of nitrogens with zero attached hydrogens (tertiary/aromatic N) is 1. The first-order valence-corrected chi connectivity index (χ1v) is 6.67. The molecule has 0 aliphatic heterocycles. The third kappa shape index (κ3) is 2.54. The van der Waals surface area contributed by atoms with E-state index in [0.29, 0.717) is 5.69 Å². The molecule has 0 spiro atoms. The quantitative estimate of drug-likeness (QED) is 0.817. The molecule has 90 valence electrons. The van der Waals surface area contributed by atoms with Crippen LogP contribution in [-0.2, 0) is 10.0 Å². The molecule has 1 aromatic carbocycles. The Morgan fingerprint density at radius 1 is 1.44 bits per heavy atom. The number of hydrogen-bond donors (Lipinski definition) is 1. The summed E-state index contributed by atoms with van der Waals surface area (Å²) in [6.07, 6.45) is 0.776. The maximum absolute atomic E-state index is 12.2. The van der Waals surface area contributed by atoms with E-state index < -0.39 is 10.0 Å². The maximum Gasteiger partial charge on any atom is 0.243 e. The number of nitrogen functional groups attached to an aromatic ring is 1. The Labute approximate surface area is 97.1 Å². The van der Waals surface area contributed by atoms with Gasteiger partial charge in [0.05, 0.1) is 4.90 Å². The molecular weight excluding hydrogens is 224 g/mol. The van der Waals surface area contributed by atoms with E-state index in [1.165, 1.54) is 10.4 Å². The smallest absolute Gasteiger partial charge is 0.243 e. The molecule has 1 rings (SSSR count). The van der Waals surface area contributed by atoms with E-state index in [1.807, 2.05) is 13.8 Å². The van der Waals surface area contributed by atoms with Crippen molar-refractivity contribution in [3.63, 3.8) is 0 Å². The molecule has 0 bridgehead atoms. The van der Waals surface area contributed by atoms with Gasteiger partial charge in [-0.25, -0.2) is 8.42 Å². The maximum atomic E-state index is 12.2. The van der Waals surface area contributed by atoms with Gasteiger partial charge in [0.2, 0.25) is 10.0 Å². The molecule has 0 aromatic heterocycles. The van der Waals surface area contributed by atoms with Crippen molar-refractivity contribution >= 4 is 15.7 Å². The van der Waals surface area contributed by atoms with Crippen molar-refractivity contribution in [3.05, 3.63) is 24.3 Å². The summed E-state index contributed by atoms with van der Waals surface area (Å²) in [6.45, 7) is 3.83. The molecule has 1 aromatic rings. The molecule has 0 amide bonds. The Hall–Kier alpha value is -1.07. The standard InChI is InChI=1S/C11H18N2O2S/c1-4-9(2)13(3)16(14,15)11-7-5-6-10(12)8-11/h5-9H,4,12H2,1-3H3. The molecule has 0 saturated carbocycles. The van der Waals surface area contributed by atoms with Gasteiger partial charge in [0.15, 0.2) is 0 Å². The predicted molar refractivity (Wildman–Crippen MR) is 65.6 cm³/mol. The highest BCUT2D eigenvalue weighted by Gasteiger charge is 2.24. The fourth-order valence-corrected chi connectivity index (χ4v) is 2.83. The van der Waals surface area contributed by atoms with Gasteiger partial charge in [-0.1, -0.05) is 13.0 Å². The average molecular weight is 242 g/mol. The predicted octanol–water partition coefficient (Wildman–Crippen LogP) is 1.69. The fourth-order valence-electron chi connectivity index (χ4n) is 1.34. The van der Waals surface area contributed by atoms with E-state index >= 15 is 0 Å². The molecule has 0 radical (unpaired) electrons. The first-order valence-electron chi connectivity index (χ1n) is 5.23. The molecule has 5 heteroatoms. The second-order valence-electron chi connectivity index (χ2n) is 3.85. The Kier molecular flexibility index (Phi) is 3.93. The lowest BCUT2D eigenvalue weighted by atomic mass is 10.3. The van der Waals surface area contributed by atoms with E-state index in [2.05, 4.69) is 0 Å². The lowest BCUT2D eigenvalue weighted by Crippen LogP contribution is -2.34. The third-order valence-electron chi connectivity index (χ3n) is 2.75. The van der Waals surface area contributed by atoms with E-state index in [4.69, 9.17) is 5.73 Å². The van der Waals surface area contributed by atoms with Crippen molar-refractivity contribution in [1.82, 2.24) is 4.31 Å². The normalized spacial score (nSPS) is 14.0. The highest BCUT2D eigenvalue weighted by molar-refractivity contribution is 7.89. The Balaban J connectivity index is 3.12. The van der Waals surface area contributed by atoms with Crippen molar-refractivity contribution in [2.24, 2.45) is 0 Å². The second kappa shape index (κ2) is 4.84. The van der Waals surface area contributed by atoms with Gasteiger partial charge in [0.1, 0.15) is 0 Å². The van der Waals surface area contributed by atoms with Crippen molar-refractivity contribution in [2.45, 2.75) is 31.2 Å². The number of benzene rings is 1. The lowest BCUT2D eigenvalue weighted by Gasteiger charge is -2.23. The highest BCUT2D eigenvalue weighted by Crippen LogP contribution is 2.19. The molecule has 1 atom stereocenters. The topological polar surface area (TPSA) is 63.4 Å². The van der Waals surface area contributed by atoms with Gasteiger partial charge in [0, 0.05) is 18.8 Å². The zero-order valence-electron chi connectivity index (χ0n) is 9.84. The van der Waals surface area contributed by atoms with Crippen LogP contribution < -0.4 is 5.73 Å². The number of anilines is 1. The van der Waals surface area contributed by atoms with Gasteiger partial charge >= 0.3 is 0 Å². The molecule has 0 fully saturated rings. The van der Waals surface area contributed by atoms with E-state index in [1.54, 1.807) is 25.2 Å². The minimum Gasteiger partial charge on any atom is -0.399 e. The Morgan fingerprint density at radius 3 is 2.56 bits per heavy atom. The zero-order valence-corrected chi connectivity index (χ0v) is 10.7. The summed E-state index contributed by atoms with van der Waals surface area (Å²) in [4.78, 5) is 0.246. The zero-order chi connectivity index (χ0) is 12.3. The first-order chi connectivity index (χ1) is 7.39. The fraction of sp³-hybridized carbons (Fsp3) is 0.455. The number of nitrogens with two attached hydrogens (primary N) is 1. The van der Waals surface area contributed by atoms with Gasteiger partial charge < -0.3 is 5.73 Å². The van der Waals surface area contributed by atoms with Gasteiger partial charge in [-0.2, -0.15) is 4.31 Å². The van der Waals surface area contributed by atoms with Crippen LogP contribution in [0.5, 0.6) is 0 Å². The minimum atomic E-state index is -3.42. The van der Waals surface area contributed by atoms with Crippen molar-refractivity contribution in [2.75, 3.05) is 12.8 Å². The summed E-state index contributed by atoms with van der Waals surface area (Å²) in [6, 6.07) is 6.33. The molecule has 0 aliphatic carbocycles. The van der Waals surface area contributed by atoms with Gasteiger partial charge in [-0.05, 0) is 31.5 Å². The van der Waals surface area contributed by atoms with Crippen molar-refractivity contribution < 1.29 is 8.42 Å². The van der Waals surface area contributed by atoms with E-state index in [0.717, 1.165) is 6.42 Å². The molecule has 0 heterocycles. The molecular formula is C11H18N2O2S. The SMILES string of the molecule is CCC(C)N(C)S(=O)(=O)c1cccc(N)c1. The summed E-state index contributed by atoms with van der Waals surface area (Å²) >= 11 is 0. The lowest BCUT2D eigenvalue weighted by molar-refractivity contribution is 0.380. The molecule has 2 N–H and O–H groups in total. The minimum absolute atomic E-state index is 0.0218. The molecule has 0 saturated heterocycles. The van der Waals surface area contributed by atoms with Crippen LogP contribution in [0, 0.1) is 0 Å². The Morgan fingerprint density at radius 2 is 2.06 bits per heavy atom. The molecule has 0 aliphatic rings. The molecule has 1 unspecified atom stereocenters. The van der Waals surface area contributed by atoms with Crippen LogP contribution in [0.1, 0.15) is 20.3 Å². The van der Waals surface area contributed by atoms with Crippen LogP contribution in [0.3, 0.4) is 0 Å². The highest BCUT2D eigenvalue weighted by atomic mass is 32.2. The number of sulfonamides is 1. The Bertz CT molecular complexity index is 457. The van der Waals surface area contributed by atoms with Crippen LogP contribution in [0.2, 0.25) is 0 Å². The van der Waals surface area contributed by atoms with Gasteiger partial charge in [-0.15, -0.1) is 0 Å². The van der Waals surface area contributed by atoms with Crippen molar-refractivity contribution in [3.8, 4) is 0 Å². The second-order valence-corrected chi connectivity index (χ2v) is 5.85. The summed E-state index contributed by atoms with van der Waals surface area (Å²) in [5.74, 6) is 0. The summed E-state index contributed by atoms with van der Waals surface area (Å²) in [7, 11) is -1.83. The molecule has 4 nitrogen and oxygen atoms in total. The van der Waals surface area contributed by atoms with Crippen LogP contribution >= 0.6 is 0 Å². The number of rotatable bonds is 4. The van der Waals surface area contributed by atoms with Crippen LogP contribution in [-0.4, -0.2) is 25.8 Å². The van der Waals surface area contributed by atoms with Gasteiger partial charge in [0.25, 0.3) is 0 Å².